The van der Waals surface area contributed by atoms with Gasteiger partial charge < -0.3 is 39.4 Å². The molecule has 9 heteroatoms. The SMILES string of the molecule is CC/C=C\C/C=C\C/C=C\C/C=C\C/C=C\C/C=C\CCCCCCCOCC(COC1OC(CO)C(O)C(O)C1O)OC(=O)CC/C=C\C/C=C\C/C=C\C/C=C\CC. The molecule has 0 bridgehead atoms. The maximum atomic E-state index is 12.7. The molecule has 1 rings (SSSR count). The summed E-state index contributed by atoms with van der Waals surface area (Å²) in [6.07, 6.45) is 52.4. The lowest BCUT2D eigenvalue weighted by molar-refractivity contribution is -0.305. The molecule has 1 fully saturated rings. The van der Waals surface area contributed by atoms with Crippen molar-refractivity contribution in [2.75, 3.05) is 26.4 Å². The van der Waals surface area contributed by atoms with Crippen LogP contribution in [0.5, 0.6) is 0 Å². The van der Waals surface area contributed by atoms with Crippen LogP contribution in [0, 0.1) is 0 Å². The van der Waals surface area contributed by atoms with E-state index in [0.717, 1.165) is 103 Å². The fourth-order valence-corrected chi connectivity index (χ4v) is 5.92. The molecule has 1 aliphatic heterocycles. The highest BCUT2D eigenvalue weighted by atomic mass is 16.7. The van der Waals surface area contributed by atoms with Crippen LogP contribution in [0.15, 0.2) is 122 Å². The van der Waals surface area contributed by atoms with E-state index >= 15 is 0 Å². The van der Waals surface area contributed by atoms with Gasteiger partial charge in [0.1, 0.15) is 30.5 Å². The number of unbranched alkanes of at least 4 members (excludes halogenated alkanes) is 5. The Labute approximate surface area is 363 Å². The third kappa shape index (κ3) is 31.5. The standard InChI is InChI=1S/C51H80O9/c1-3-5-7-9-11-13-15-17-18-19-20-21-22-23-24-25-26-27-29-31-33-35-37-39-41-57-43-45(44-58-51-50(56)49(55)48(54)46(42-52)60-51)59-47(53)40-38-36-34-32-30-28-16-14-12-10-8-6-4-2/h5-8,11-14,17-18,20-21,23-24,26-28,30,34,36,45-46,48-52,54-56H,3-4,9-10,15-16,19,22,25,29,31-33,35,37-44H2,1-2H3/b7-5-,8-6-,13-11-,14-12-,18-17-,21-20-,24-23-,27-26-,30-28-,36-34-. The molecular formula is C51H80O9. The molecule has 1 saturated heterocycles. The Morgan fingerprint density at radius 1 is 0.533 bits per heavy atom. The van der Waals surface area contributed by atoms with Gasteiger partial charge in [-0.1, -0.05) is 155 Å². The minimum absolute atomic E-state index is 0.0931. The van der Waals surface area contributed by atoms with E-state index in [4.69, 9.17) is 18.9 Å². The van der Waals surface area contributed by atoms with E-state index in [-0.39, 0.29) is 19.6 Å². The number of hydrogen-bond donors (Lipinski definition) is 4. The first-order valence-electron chi connectivity index (χ1n) is 22.6. The number of rotatable bonds is 36. The zero-order valence-electron chi connectivity index (χ0n) is 36.9. The van der Waals surface area contributed by atoms with Crippen LogP contribution in [-0.4, -0.2) is 89.6 Å². The van der Waals surface area contributed by atoms with Gasteiger partial charge in [-0.3, -0.25) is 4.79 Å². The quantitative estimate of drug-likeness (QED) is 0.0276. The monoisotopic (exact) mass is 837 g/mol. The molecule has 0 aliphatic carbocycles. The van der Waals surface area contributed by atoms with Crippen LogP contribution in [0.4, 0.5) is 0 Å². The summed E-state index contributed by atoms with van der Waals surface area (Å²) in [7, 11) is 0. The van der Waals surface area contributed by atoms with Crippen molar-refractivity contribution in [3.63, 3.8) is 0 Å². The number of allylic oxidation sites excluding steroid dienone is 20. The average molecular weight is 837 g/mol. The number of aliphatic hydroxyl groups excluding tert-OH is 4. The summed E-state index contributed by atoms with van der Waals surface area (Å²) in [5.74, 6) is -0.407. The van der Waals surface area contributed by atoms with Crippen LogP contribution >= 0.6 is 0 Å². The first-order valence-corrected chi connectivity index (χ1v) is 22.6. The zero-order chi connectivity index (χ0) is 43.6. The predicted molar refractivity (Wildman–Crippen MR) is 246 cm³/mol. The van der Waals surface area contributed by atoms with Crippen LogP contribution in [-0.2, 0) is 23.7 Å². The Balaban J connectivity index is 2.30. The van der Waals surface area contributed by atoms with Crippen molar-refractivity contribution in [3.8, 4) is 0 Å². The molecule has 6 unspecified atom stereocenters. The van der Waals surface area contributed by atoms with Gasteiger partial charge in [-0.05, 0) is 89.9 Å². The summed E-state index contributed by atoms with van der Waals surface area (Å²) in [4.78, 5) is 12.7. The molecule has 1 heterocycles. The Morgan fingerprint density at radius 2 is 0.967 bits per heavy atom. The number of ether oxygens (including phenoxy) is 4. The van der Waals surface area contributed by atoms with Gasteiger partial charge >= 0.3 is 5.97 Å². The van der Waals surface area contributed by atoms with Crippen molar-refractivity contribution in [1.29, 1.82) is 0 Å². The molecule has 0 aromatic rings. The van der Waals surface area contributed by atoms with Gasteiger partial charge in [0.05, 0.1) is 19.8 Å². The van der Waals surface area contributed by atoms with E-state index in [1.54, 1.807) is 0 Å². The summed E-state index contributed by atoms with van der Waals surface area (Å²) < 4.78 is 22.7. The van der Waals surface area contributed by atoms with E-state index in [2.05, 4.69) is 123 Å². The molecule has 4 N–H and O–H groups in total. The van der Waals surface area contributed by atoms with Gasteiger partial charge in [-0.2, -0.15) is 0 Å². The fourth-order valence-electron chi connectivity index (χ4n) is 5.92. The van der Waals surface area contributed by atoms with Crippen molar-refractivity contribution >= 4 is 5.97 Å². The molecule has 6 atom stereocenters. The number of hydrogen-bond acceptors (Lipinski definition) is 9. The van der Waals surface area contributed by atoms with Crippen molar-refractivity contribution in [2.45, 2.75) is 166 Å². The molecule has 0 spiro atoms. The van der Waals surface area contributed by atoms with Crippen molar-refractivity contribution in [1.82, 2.24) is 0 Å². The maximum Gasteiger partial charge on any atom is 0.306 e. The summed E-state index contributed by atoms with van der Waals surface area (Å²) >= 11 is 0. The molecular weight excluding hydrogens is 757 g/mol. The highest BCUT2D eigenvalue weighted by Gasteiger charge is 2.44. The molecule has 0 amide bonds. The van der Waals surface area contributed by atoms with E-state index in [9.17, 15) is 25.2 Å². The summed E-state index contributed by atoms with van der Waals surface area (Å²) in [6, 6.07) is 0. The van der Waals surface area contributed by atoms with Gasteiger partial charge in [0.2, 0.25) is 0 Å². The lowest BCUT2D eigenvalue weighted by Crippen LogP contribution is -2.59. The topological polar surface area (TPSA) is 135 Å². The number of aliphatic hydroxyl groups is 4. The molecule has 1 aliphatic rings. The Kier molecular flexibility index (Phi) is 37.3. The highest BCUT2D eigenvalue weighted by molar-refractivity contribution is 5.69. The number of esters is 1. The summed E-state index contributed by atoms with van der Waals surface area (Å²) in [5.41, 5.74) is 0. The molecule has 9 nitrogen and oxygen atoms in total. The van der Waals surface area contributed by atoms with Gasteiger partial charge in [-0.15, -0.1) is 0 Å². The predicted octanol–water partition coefficient (Wildman–Crippen LogP) is 10.4. The van der Waals surface area contributed by atoms with E-state index in [1.165, 1.54) is 0 Å². The summed E-state index contributed by atoms with van der Waals surface area (Å²) in [6.45, 7) is 4.15. The fraction of sp³-hybridized carbons (Fsp3) is 0.588. The van der Waals surface area contributed by atoms with Gasteiger partial charge in [0, 0.05) is 13.0 Å². The minimum Gasteiger partial charge on any atom is -0.457 e. The van der Waals surface area contributed by atoms with Crippen LogP contribution < -0.4 is 0 Å². The molecule has 0 aromatic heterocycles. The van der Waals surface area contributed by atoms with Crippen molar-refractivity contribution < 1.29 is 44.2 Å². The first kappa shape index (κ1) is 54.6. The van der Waals surface area contributed by atoms with E-state index in [0.29, 0.717) is 13.0 Å². The Morgan fingerprint density at radius 3 is 1.45 bits per heavy atom. The lowest BCUT2D eigenvalue weighted by atomic mass is 9.99. The van der Waals surface area contributed by atoms with Crippen molar-refractivity contribution in [2.24, 2.45) is 0 Å². The number of carbonyl (C=O) groups excluding carboxylic acids is 1. The lowest BCUT2D eigenvalue weighted by Gasteiger charge is -2.39. The second-order valence-electron chi connectivity index (χ2n) is 14.7. The van der Waals surface area contributed by atoms with Gasteiger partial charge in [-0.25, -0.2) is 0 Å². The van der Waals surface area contributed by atoms with E-state index < -0.39 is 49.4 Å². The van der Waals surface area contributed by atoms with Gasteiger partial charge in [0.25, 0.3) is 0 Å². The highest BCUT2D eigenvalue weighted by Crippen LogP contribution is 2.22. The second kappa shape index (κ2) is 41.0. The van der Waals surface area contributed by atoms with E-state index in [1.807, 2.05) is 12.2 Å². The zero-order valence-corrected chi connectivity index (χ0v) is 36.9. The Bertz CT molecular complexity index is 1320. The first-order chi connectivity index (χ1) is 29.4. The smallest absolute Gasteiger partial charge is 0.306 e. The van der Waals surface area contributed by atoms with Crippen LogP contribution in [0.1, 0.15) is 129 Å². The Hall–Kier alpha value is -3.41. The largest absolute Gasteiger partial charge is 0.457 e. The molecule has 0 aromatic carbocycles. The second-order valence-corrected chi connectivity index (χ2v) is 14.7. The molecule has 0 saturated carbocycles. The minimum atomic E-state index is -1.56. The van der Waals surface area contributed by atoms with Crippen molar-refractivity contribution in [3.05, 3.63) is 122 Å². The molecule has 338 valence electrons. The van der Waals surface area contributed by atoms with Crippen LogP contribution in [0.2, 0.25) is 0 Å². The summed E-state index contributed by atoms with van der Waals surface area (Å²) in [5, 5.41) is 40.1. The molecule has 60 heavy (non-hydrogen) atoms. The normalized spacial score (nSPS) is 21.2. The molecule has 0 radical (unpaired) electrons. The van der Waals surface area contributed by atoms with Gasteiger partial charge in [0.15, 0.2) is 6.29 Å². The van der Waals surface area contributed by atoms with Crippen LogP contribution in [0.3, 0.4) is 0 Å². The average Bonchev–Trinajstić information content (AvgIpc) is 3.25. The third-order valence-electron chi connectivity index (χ3n) is 9.39. The number of carbonyl (C=O) groups is 1. The maximum absolute atomic E-state index is 12.7. The van der Waals surface area contributed by atoms with Crippen LogP contribution in [0.25, 0.3) is 0 Å². The third-order valence-corrected chi connectivity index (χ3v) is 9.39.